The molecule has 0 radical (unpaired) electrons. The van der Waals surface area contributed by atoms with Crippen molar-refractivity contribution < 1.29 is 62.8 Å². The average Bonchev–Trinajstić information content (AvgIpc) is 3.44. The van der Waals surface area contributed by atoms with Crippen molar-refractivity contribution in [2.24, 2.45) is 17.8 Å². The third-order valence-corrected chi connectivity index (χ3v) is 11.5. The fraction of sp³-hybridized carbons (Fsp3) is 0.884. The number of ketones is 1. The van der Waals surface area contributed by atoms with E-state index in [1.54, 1.807) is 12.2 Å². The number of aliphatic hydroxyl groups is 4. The first-order chi connectivity index (χ1) is 27.3. The highest BCUT2D eigenvalue weighted by atomic mass is 31.2. The van der Waals surface area contributed by atoms with Crippen LogP contribution in [-0.4, -0.2) is 93.9 Å². The maximum Gasteiger partial charge on any atom is 0.472 e. The van der Waals surface area contributed by atoms with Crippen LogP contribution in [0.5, 0.6) is 0 Å². The lowest BCUT2D eigenvalue weighted by molar-refractivity contribution is -0.161. The summed E-state index contributed by atoms with van der Waals surface area (Å²) in [6.45, 7) is 4.32. The summed E-state index contributed by atoms with van der Waals surface area (Å²) in [5.41, 5.74) is 0. The van der Waals surface area contributed by atoms with Crippen LogP contribution in [0.1, 0.15) is 175 Å². The molecule has 0 aliphatic heterocycles. The topological polar surface area (TPSA) is 206 Å². The molecule has 1 rings (SSSR count). The molecule has 1 saturated carbocycles. The van der Waals surface area contributed by atoms with Crippen molar-refractivity contribution in [1.29, 1.82) is 0 Å². The third kappa shape index (κ3) is 28.4. The van der Waals surface area contributed by atoms with E-state index in [0.29, 0.717) is 32.1 Å². The zero-order chi connectivity index (χ0) is 42.3. The molecule has 1 unspecified atom stereocenters. The molecular formula is C43H79O13P. The Labute approximate surface area is 343 Å². The summed E-state index contributed by atoms with van der Waals surface area (Å²) < 4.78 is 32.7. The number of rotatable bonds is 37. The number of ether oxygens (including phenoxy) is 2. The number of allylic oxidation sites excluding steroid dienone is 1. The van der Waals surface area contributed by atoms with Crippen LogP contribution >= 0.6 is 7.82 Å². The summed E-state index contributed by atoms with van der Waals surface area (Å²) in [6, 6.07) is 0. The van der Waals surface area contributed by atoms with Gasteiger partial charge in [-0.1, -0.05) is 142 Å². The van der Waals surface area contributed by atoms with Gasteiger partial charge in [-0.05, 0) is 37.5 Å². The molecule has 14 heteroatoms. The van der Waals surface area contributed by atoms with Gasteiger partial charge in [0.15, 0.2) is 6.10 Å². The second-order valence-electron chi connectivity index (χ2n) is 16.3. The van der Waals surface area contributed by atoms with Crippen LogP contribution in [0.2, 0.25) is 0 Å². The maximum absolute atomic E-state index is 12.6. The summed E-state index contributed by atoms with van der Waals surface area (Å²) in [4.78, 5) is 47.7. The molecule has 1 aliphatic carbocycles. The highest BCUT2D eigenvalue weighted by Gasteiger charge is 2.39. The summed E-state index contributed by atoms with van der Waals surface area (Å²) in [6.07, 6.45) is 20.9. The van der Waals surface area contributed by atoms with E-state index in [1.165, 1.54) is 51.4 Å². The molecule has 57 heavy (non-hydrogen) atoms. The normalized spacial score (nSPS) is 19.9. The van der Waals surface area contributed by atoms with E-state index in [1.807, 2.05) is 0 Å². The molecule has 7 atom stereocenters. The summed E-state index contributed by atoms with van der Waals surface area (Å²) in [5.74, 6) is -0.905. The number of hydrogen-bond acceptors (Lipinski definition) is 12. The number of phosphoric acid groups is 1. The Morgan fingerprint density at radius 3 is 1.91 bits per heavy atom. The Kier molecular flexibility index (Phi) is 30.9. The predicted molar refractivity (Wildman–Crippen MR) is 220 cm³/mol. The smallest absolute Gasteiger partial charge is 0.462 e. The van der Waals surface area contributed by atoms with Crippen molar-refractivity contribution in [3.63, 3.8) is 0 Å². The molecule has 0 aromatic rings. The van der Waals surface area contributed by atoms with Crippen molar-refractivity contribution in [3.8, 4) is 0 Å². The Bertz CT molecular complexity index is 1130. The first-order valence-electron chi connectivity index (χ1n) is 22.1. The molecule has 1 fully saturated rings. The van der Waals surface area contributed by atoms with Gasteiger partial charge in [0.2, 0.25) is 0 Å². The minimum absolute atomic E-state index is 0.00846. The van der Waals surface area contributed by atoms with E-state index < -0.39 is 76.5 Å². The third-order valence-electron chi connectivity index (χ3n) is 10.5. The van der Waals surface area contributed by atoms with E-state index in [2.05, 4.69) is 25.3 Å². The lowest BCUT2D eigenvalue weighted by atomic mass is 9.88. The van der Waals surface area contributed by atoms with Gasteiger partial charge in [0.1, 0.15) is 18.5 Å². The number of esters is 2. The molecular weight excluding hydrogens is 755 g/mol. The Balaban J connectivity index is 2.43. The summed E-state index contributed by atoms with van der Waals surface area (Å²) >= 11 is 0. The minimum Gasteiger partial charge on any atom is -0.462 e. The molecule has 1 aliphatic rings. The fourth-order valence-electron chi connectivity index (χ4n) is 7.02. The van der Waals surface area contributed by atoms with Gasteiger partial charge >= 0.3 is 19.8 Å². The fourth-order valence-corrected chi connectivity index (χ4v) is 7.81. The van der Waals surface area contributed by atoms with Gasteiger partial charge in [-0.15, -0.1) is 0 Å². The zero-order valence-corrected chi connectivity index (χ0v) is 36.3. The van der Waals surface area contributed by atoms with Crippen molar-refractivity contribution in [1.82, 2.24) is 0 Å². The summed E-state index contributed by atoms with van der Waals surface area (Å²) in [5, 5.41) is 39.1. The number of aliphatic hydroxyl groups excluding tert-OH is 4. The highest BCUT2D eigenvalue weighted by molar-refractivity contribution is 7.47. The van der Waals surface area contributed by atoms with Crippen molar-refractivity contribution in [3.05, 3.63) is 12.2 Å². The van der Waals surface area contributed by atoms with Crippen LogP contribution in [0.4, 0.5) is 0 Å². The largest absolute Gasteiger partial charge is 0.472 e. The highest BCUT2D eigenvalue weighted by Crippen LogP contribution is 2.43. The molecule has 0 aromatic carbocycles. The van der Waals surface area contributed by atoms with Crippen molar-refractivity contribution in [2.45, 2.75) is 199 Å². The van der Waals surface area contributed by atoms with Gasteiger partial charge in [0.05, 0.1) is 32.0 Å². The van der Waals surface area contributed by atoms with Crippen molar-refractivity contribution in [2.75, 3.05) is 26.4 Å². The van der Waals surface area contributed by atoms with Gasteiger partial charge < -0.3 is 34.8 Å². The maximum atomic E-state index is 12.6. The lowest BCUT2D eigenvalue weighted by Gasteiger charge is -2.20. The average molecular weight is 835 g/mol. The zero-order valence-electron chi connectivity index (χ0n) is 35.4. The van der Waals surface area contributed by atoms with E-state index in [0.717, 1.165) is 57.3 Å². The van der Waals surface area contributed by atoms with E-state index in [4.69, 9.17) is 19.1 Å². The van der Waals surface area contributed by atoms with Crippen LogP contribution in [0.3, 0.4) is 0 Å². The first-order valence-corrected chi connectivity index (χ1v) is 23.6. The van der Waals surface area contributed by atoms with Gasteiger partial charge in [0, 0.05) is 25.2 Å². The Hall–Kier alpha value is -1.70. The molecule has 0 heterocycles. The quantitative estimate of drug-likeness (QED) is 0.0174. The minimum atomic E-state index is -4.67. The number of unbranched alkanes of at least 4 members (excludes halogenated alkanes) is 15. The summed E-state index contributed by atoms with van der Waals surface area (Å²) in [7, 11) is -4.67. The Morgan fingerprint density at radius 2 is 1.32 bits per heavy atom. The number of Topliss-reactive ketones (excluding diaryl/α,β-unsaturated/α-hetero) is 1. The molecule has 0 bridgehead atoms. The molecule has 334 valence electrons. The second-order valence-corrected chi connectivity index (χ2v) is 17.8. The van der Waals surface area contributed by atoms with Gasteiger partial charge in [-0.2, -0.15) is 0 Å². The molecule has 13 nitrogen and oxygen atoms in total. The van der Waals surface area contributed by atoms with E-state index in [9.17, 15) is 39.2 Å². The number of phosphoric ester groups is 1. The monoisotopic (exact) mass is 835 g/mol. The number of carbonyl (C=O) groups is 3. The van der Waals surface area contributed by atoms with Crippen LogP contribution in [0.15, 0.2) is 12.2 Å². The molecule has 0 spiro atoms. The number of carbonyl (C=O) groups excluding carboxylic acids is 3. The molecule has 0 aromatic heterocycles. The van der Waals surface area contributed by atoms with Gasteiger partial charge in [-0.3, -0.25) is 23.4 Å². The molecule has 0 saturated heterocycles. The van der Waals surface area contributed by atoms with Crippen molar-refractivity contribution >= 4 is 25.5 Å². The first kappa shape index (κ1) is 53.3. The van der Waals surface area contributed by atoms with Crippen LogP contribution in [0, 0.1) is 17.8 Å². The molecule has 5 N–H and O–H groups in total. The van der Waals surface area contributed by atoms with Gasteiger partial charge in [0.25, 0.3) is 0 Å². The predicted octanol–water partition coefficient (Wildman–Crippen LogP) is 8.06. The standard InChI is InChI=1S/C43H79O13P/c1-4-5-17-23-35(45)27-28-39-38(40(47)29-41(39)48)24-19-15-16-20-25-42(49)53-32-37(33-55-57(51,52)54-31-36(46)30-44)56-43(50)26-21-14-12-10-8-6-7-9-11-13-18-22-34(2)3/h27-28,34-40,44-47H,4-26,29-33H2,1-3H3,(H,51,52)/b28-27+/t35-,36-,37+,38+,39+,40-/m0/s1. The lowest BCUT2D eigenvalue weighted by Crippen LogP contribution is -2.29. The van der Waals surface area contributed by atoms with E-state index >= 15 is 0 Å². The molecule has 0 amide bonds. The Morgan fingerprint density at radius 1 is 0.772 bits per heavy atom. The number of hydrogen-bond donors (Lipinski definition) is 5. The van der Waals surface area contributed by atoms with E-state index in [-0.39, 0.29) is 31.0 Å². The SMILES string of the molecule is CCCCC[C@H](O)/C=C/[C@H]1C(=O)C[C@H](O)[C@@H]1CCCCCCC(=O)OC[C@H](COP(=O)(O)OC[C@@H](O)CO)OC(=O)CCCCCCCCCCCCCC(C)C. The van der Waals surface area contributed by atoms with Crippen LogP contribution < -0.4 is 0 Å². The van der Waals surface area contributed by atoms with Crippen LogP contribution in [-0.2, 0) is 37.5 Å². The van der Waals surface area contributed by atoms with Gasteiger partial charge in [-0.25, -0.2) is 4.57 Å². The second kappa shape index (κ2) is 33.1. The van der Waals surface area contributed by atoms with Crippen LogP contribution in [0.25, 0.3) is 0 Å².